The molecule has 3 nitrogen and oxygen atoms in total. The quantitative estimate of drug-likeness (QED) is 0.848. The van der Waals surface area contributed by atoms with Gasteiger partial charge < -0.3 is 10.1 Å². The van der Waals surface area contributed by atoms with Gasteiger partial charge in [0.2, 0.25) is 0 Å². The van der Waals surface area contributed by atoms with Gasteiger partial charge in [-0.3, -0.25) is 4.90 Å². The number of hydrogen-bond acceptors (Lipinski definition) is 3. The number of hydrogen-bond donors (Lipinski definition) is 1. The molecule has 0 atom stereocenters. The van der Waals surface area contributed by atoms with Gasteiger partial charge in [-0.25, -0.2) is 0 Å². The highest BCUT2D eigenvalue weighted by Gasteiger charge is 2.24. The van der Waals surface area contributed by atoms with E-state index in [4.69, 9.17) is 4.74 Å². The Morgan fingerprint density at radius 3 is 2.67 bits per heavy atom. The fourth-order valence-electron chi connectivity index (χ4n) is 2.99. The Balaban J connectivity index is 1.48. The molecule has 116 valence electrons. The average Bonchev–Trinajstić information content (AvgIpc) is 3.33. The third-order valence-electron chi connectivity index (χ3n) is 4.63. The molecule has 1 saturated carbocycles. The normalized spacial score (nSPS) is 20.7. The van der Waals surface area contributed by atoms with Crippen LogP contribution in [0.5, 0.6) is 5.75 Å². The first kappa shape index (κ1) is 15.3. The fourth-order valence-corrected chi connectivity index (χ4v) is 3.36. The van der Waals surface area contributed by atoms with E-state index in [1.54, 1.807) is 7.11 Å². The largest absolute Gasteiger partial charge is 0.497 e. The molecule has 3 rings (SSSR count). The zero-order valence-electron chi connectivity index (χ0n) is 12.8. The summed E-state index contributed by atoms with van der Waals surface area (Å²) >= 11 is 3.65. The predicted molar refractivity (Wildman–Crippen MR) is 89.7 cm³/mol. The minimum absolute atomic E-state index is 0.732. The van der Waals surface area contributed by atoms with Gasteiger partial charge in [0.15, 0.2) is 0 Å². The third kappa shape index (κ3) is 4.44. The van der Waals surface area contributed by atoms with Crippen LogP contribution in [-0.4, -0.2) is 37.7 Å². The van der Waals surface area contributed by atoms with Crippen LogP contribution in [0.4, 0.5) is 0 Å². The lowest BCUT2D eigenvalue weighted by Gasteiger charge is -2.32. The van der Waals surface area contributed by atoms with E-state index in [9.17, 15) is 0 Å². The van der Waals surface area contributed by atoms with Crippen LogP contribution in [-0.2, 0) is 6.54 Å². The lowest BCUT2D eigenvalue weighted by molar-refractivity contribution is 0.189. The van der Waals surface area contributed by atoms with Gasteiger partial charge in [-0.1, -0.05) is 15.9 Å². The second-order valence-electron chi connectivity index (χ2n) is 6.36. The van der Waals surface area contributed by atoms with Crippen LogP contribution in [0.1, 0.15) is 31.2 Å². The first-order valence-electron chi connectivity index (χ1n) is 8.03. The summed E-state index contributed by atoms with van der Waals surface area (Å²) in [5.74, 6) is 1.92. The number of benzene rings is 1. The fraction of sp³-hybridized carbons (Fsp3) is 0.647. The minimum atomic E-state index is 0.732. The smallest absolute Gasteiger partial charge is 0.119 e. The van der Waals surface area contributed by atoms with Gasteiger partial charge >= 0.3 is 0 Å². The number of piperidine rings is 1. The Hall–Kier alpha value is -0.580. The Morgan fingerprint density at radius 2 is 2.00 bits per heavy atom. The van der Waals surface area contributed by atoms with E-state index >= 15 is 0 Å². The molecule has 21 heavy (non-hydrogen) atoms. The van der Waals surface area contributed by atoms with Crippen LogP contribution in [0.3, 0.4) is 0 Å². The van der Waals surface area contributed by atoms with E-state index in [0.29, 0.717) is 0 Å². The second-order valence-corrected chi connectivity index (χ2v) is 7.21. The highest BCUT2D eigenvalue weighted by molar-refractivity contribution is 9.10. The molecular formula is C17H25BrN2O. The van der Waals surface area contributed by atoms with E-state index in [1.807, 2.05) is 6.07 Å². The summed E-state index contributed by atoms with van der Waals surface area (Å²) in [5, 5.41) is 3.74. The molecule has 4 heteroatoms. The lowest BCUT2D eigenvalue weighted by atomic mass is 10.0. The number of nitrogens with one attached hydrogen (secondary N) is 1. The predicted octanol–water partition coefficient (Wildman–Crippen LogP) is 3.42. The summed E-state index contributed by atoms with van der Waals surface area (Å²) in [6.07, 6.45) is 5.42. The van der Waals surface area contributed by atoms with E-state index < -0.39 is 0 Å². The van der Waals surface area contributed by atoms with Crippen LogP contribution < -0.4 is 10.1 Å². The van der Waals surface area contributed by atoms with E-state index in [2.05, 4.69) is 38.3 Å². The van der Waals surface area contributed by atoms with Crippen molar-refractivity contribution >= 4 is 15.9 Å². The van der Waals surface area contributed by atoms with Crippen molar-refractivity contribution in [2.45, 2.75) is 38.3 Å². The Bertz CT molecular complexity index is 468. The van der Waals surface area contributed by atoms with Crippen molar-refractivity contribution < 1.29 is 4.74 Å². The van der Waals surface area contributed by atoms with Gasteiger partial charge in [-0.15, -0.1) is 0 Å². The van der Waals surface area contributed by atoms with Gasteiger partial charge in [0.25, 0.3) is 0 Å². The minimum Gasteiger partial charge on any atom is -0.497 e. The zero-order valence-corrected chi connectivity index (χ0v) is 14.4. The number of ether oxygens (including phenoxy) is 1. The molecule has 0 bridgehead atoms. The van der Waals surface area contributed by atoms with Crippen molar-refractivity contribution in [3.63, 3.8) is 0 Å². The molecule has 1 aliphatic carbocycles. The van der Waals surface area contributed by atoms with E-state index in [0.717, 1.165) is 24.3 Å². The highest BCUT2D eigenvalue weighted by atomic mass is 79.9. The van der Waals surface area contributed by atoms with Crippen molar-refractivity contribution in [3.05, 3.63) is 28.2 Å². The molecule has 2 fully saturated rings. The number of rotatable bonds is 6. The first-order chi connectivity index (χ1) is 10.2. The number of likely N-dealkylation sites (tertiary alicyclic amines) is 1. The summed E-state index contributed by atoms with van der Waals surface area (Å²) in [5.41, 5.74) is 1.32. The Labute approximate surface area is 136 Å². The maximum atomic E-state index is 5.33. The molecule has 0 amide bonds. The average molecular weight is 353 g/mol. The first-order valence-corrected chi connectivity index (χ1v) is 8.82. The summed E-state index contributed by atoms with van der Waals surface area (Å²) in [6.45, 7) is 4.62. The lowest BCUT2D eigenvalue weighted by Crippen LogP contribution is -2.42. The highest BCUT2D eigenvalue weighted by Crippen LogP contribution is 2.28. The molecule has 1 aromatic carbocycles. The van der Waals surface area contributed by atoms with Crippen molar-refractivity contribution in [1.29, 1.82) is 0 Å². The van der Waals surface area contributed by atoms with Crippen LogP contribution in [0.2, 0.25) is 0 Å². The van der Waals surface area contributed by atoms with E-state index in [1.165, 1.54) is 55.4 Å². The molecule has 0 unspecified atom stereocenters. The molecule has 2 aliphatic rings. The monoisotopic (exact) mass is 352 g/mol. The third-order valence-corrected chi connectivity index (χ3v) is 5.40. The second kappa shape index (κ2) is 7.12. The van der Waals surface area contributed by atoms with Gasteiger partial charge in [0, 0.05) is 17.1 Å². The van der Waals surface area contributed by atoms with Crippen LogP contribution >= 0.6 is 15.9 Å². The number of halogens is 1. The van der Waals surface area contributed by atoms with Gasteiger partial charge in [0.1, 0.15) is 5.75 Å². The molecule has 1 N–H and O–H groups in total. The Kier molecular flexibility index (Phi) is 5.19. The molecule has 1 aliphatic heterocycles. The van der Waals surface area contributed by atoms with Crippen molar-refractivity contribution in [3.8, 4) is 5.75 Å². The van der Waals surface area contributed by atoms with Crippen molar-refractivity contribution in [2.24, 2.45) is 5.92 Å². The van der Waals surface area contributed by atoms with Gasteiger partial charge in [0.05, 0.1) is 7.11 Å². The van der Waals surface area contributed by atoms with Gasteiger partial charge in [-0.2, -0.15) is 0 Å². The van der Waals surface area contributed by atoms with E-state index in [-0.39, 0.29) is 0 Å². The van der Waals surface area contributed by atoms with Crippen LogP contribution in [0.15, 0.2) is 22.7 Å². The van der Waals surface area contributed by atoms with Crippen LogP contribution in [0, 0.1) is 5.92 Å². The summed E-state index contributed by atoms with van der Waals surface area (Å²) in [4.78, 5) is 2.55. The molecule has 1 saturated heterocycles. The zero-order chi connectivity index (χ0) is 14.7. The number of methoxy groups -OCH3 is 1. The number of nitrogens with zero attached hydrogens (tertiary/aromatic N) is 1. The molecule has 0 radical (unpaired) electrons. The molecule has 1 heterocycles. The SMILES string of the molecule is COc1ccc(Br)c(CN2CCC(NCC3CC3)CC2)c1. The molecule has 0 spiro atoms. The topological polar surface area (TPSA) is 24.5 Å². The molecule has 0 aromatic heterocycles. The maximum absolute atomic E-state index is 5.33. The van der Waals surface area contributed by atoms with Crippen molar-refractivity contribution in [1.82, 2.24) is 10.2 Å². The van der Waals surface area contributed by atoms with Crippen molar-refractivity contribution in [2.75, 3.05) is 26.7 Å². The van der Waals surface area contributed by atoms with Gasteiger partial charge in [-0.05, 0) is 75.0 Å². The summed E-state index contributed by atoms with van der Waals surface area (Å²) in [7, 11) is 1.73. The maximum Gasteiger partial charge on any atom is 0.119 e. The van der Waals surface area contributed by atoms with Crippen LogP contribution in [0.25, 0.3) is 0 Å². The Morgan fingerprint density at radius 1 is 1.24 bits per heavy atom. The summed E-state index contributed by atoms with van der Waals surface area (Å²) < 4.78 is 6.50. The molecular weight excluding hydrogens is 328 g/mol. The molecule has 1 aromatic rings. The summed E-state index contributed by atoms with van der Waals surface area (Å²) in [6, 6.07) is 6.96. The standard InChI is InChI=1S/C17H25BrN2O/c1-21-16-4-5-17(18)14(10-16)12-20-8-6-15(7-9-20)19-11-13-2-3-13/h4-5,10,13,15,19H,2-3,6-9,11-12H2,1H3.